The van der Waals surface area contributed by atoms with Gasteiger partial charge in [0.15, 0.2) is 0 Å². The lowest BCUT2D eigenvalue weighted by Gasteiger charge is -2.29. The standard InChI is InChI=1S/C23H25N.ClH/c1-24(18-17-20-11-5-2-6-12-20)23(22-15-9-4-10-16-22)19-21-13-7-3-8-14-21;/h2-16,23H,17-19H2,1H3;1H. The first-order valence-corrected chi connectivity index (χ1v) is 8.66. The third-order valence-electron chi connectivity index (χ3n) is 4.58. The maximum absolute atomic E-state index is 2.48. The van der Waals surface area contributed by atoms with Crippen LogP contribution in [0.1, 0.15) is 22.7 Å². The average Bonchev–Trinajstić information content (AvgIpc) is 2.66. The Hall–Kier alpha value is -2.09. The van der Waals surface area contributed by atoms with Gasteiger partial charge in [0.25, 0.3) is 0 Å². The van der Waals surface area contributed by atoms with Crippen molar-refractivity contribution in [3.8, 4) is 0 Å². The molecule has 1 unspecified atom stereocenters. The van der Waals surface area contributed by atoms with Gasteiger partial charge in [0.1, 0.15) is 0 Å². The topological polar surface area (TPSA) is 3.24 Å². The van der Waals surface area contributed by atoms with Crippen LogP contribution in [-0.4, -0.2) is 18.5 Å². The molecule has 0 saturated carbocycles. The molecular weight excluding hydrogens is 326 g/mol. The molecule has 3 aromatic rings. The highest BCUT2D eigenvalue weighted by atomic mass is 35.5. The Morgan fingerprint density at radius 1 is 0.680 bits per heavy atom. The summed E-state index contributed by atoms with van der Waals surface area (Å²) in [5, 5.41) is 0. The summed E-state index contributed by atoms with van der Waals surface area (Å²) in [7, 11) is 2.24. The van der Waals surface area contributed by atoms with E-state index in [0.29, 0.717) is 6.04 Å². The third kappa shape index (κ3) is 5.74. The number of rotatable bonds is 7. The Kier molecular flexibility index (Phi) is 7.72. The van der Waals surface area contributed by atoms with Crippen molar-refractivity contribution >= 4 is 12.4 Å². The molecule has 0 spiro atoms. The second-order valence-corrected chi connectivity index (χ2v) is 6.33. The lowest BCUT2D eigenvalue weighted by atomic mass is 9.97. The zero-order valence-corrected chi connectivity index (χ0v) is 15.5. The molecule has 3 aromatic carbocycles. The molecule has 0 N–H and O–H groups in total. The number of hydrogen-bond donors (Lipinski definition) is 0. The molecule has 0 aliphatic carbocycles. The van der Waals surface area contributed by atoms with Crippen LogP contribution in [0.25, 0.3) is 0 Å². The molecule has 25 heavy (non-hydrogen) atoms. The van der Waals surface area contributed by atoms with Crippen LogP contribution in [-0.2, 0) is 12.8 Å². The molecule has 3 rings (SSSR count). The molecule has 0 saturated heterocycles. The highest BCUT2D eigenvalue weighted by Crippen LogP contribution is 2.24. The van der Waals surface area contributed by atoms with Gasteiger partial charge < -0.3 is 0 Å². The van der Waals surface area contributed by atoms with E-state index in [9.17, 15) is 0 Å². The first-order valence-electron chi connectivity index (χ1n) is 8.66. The minimum Gasteiger partial charge on any atom is -0.299 e. The summed E-state index contributed by atoms with van der Waals surface area (Å²) in [5.41, 5.74) is 4.17. The van der Waals surface area contributed by atoms with E-state index in [2.05, 4.69) is 103 Å². The van der Waals surface area contributed by atoms with Crippen molar-refractivity contribution in [2.24, 2.45) is 0 Å². The highest BCUT2D eigenvalue weighted by molar-refractivity contribution is 5.85. The molecule has 1 nitrogen and oxygen atoms in total. The quantitative estimate of drug-likeness (QED) is 0.538. The predicted molar refractivity (Wildman–Crippen MR) is 109 cm³/mol. The van der Waals surface area contributed by atoms with Gasteiger partial charge in [0.2, 0.25) is 0 Å². The van der Waals surface area contributed by atoms with E-state index >= 15 is 0 Å². The van der Waals surface area contributed by atoms with Gasteiger partial charge in [-0.25, -0.2) is 0 Å². The molecule has 130 valence electrons. The maximum Gasteiger partial charge on any atom is 0.0385 e. The molecule has 0 radical (unpaired) electrons. The SMILES string of the molecule is CN(CCc1ccccc1)C(Cc1ccccc1)c1ccccc1.Cl. The summed E-state index contributed by atoms with van der Waals surface area (Å²) < 4.78 is 0. The van der Waals surface area contributed by atoms with Crippen LogP contribution >= 0.6 is 12.4 Å². The Bertz CT molecular complexity index is 713. The summed E-state index contributed by atoms with van der Waals surface area (Å²) in [4.78, 5) is 2.48. The van der Waals surface area contributed by atoms with Gasteiger partial charge in [-0.15, -0.1) is 12.4 Å². The minimum atomic E-state index is 0. The Balaban J connectivity index is 0.00000225. The number of hydrogen-bond acceptors (Lipinski definition) is 1. The summed E-state index contributed by atoms with van der Waals surface area (Å²) >= 11 is 0. The zero-order chi connectivity index (χ0) is 16.6. The Morgan fingerprint density at radius 2 is 1.16 bits per heavy atom. The summed E-state index contributed by atoms with van der Waals surface area (Å²) in [6, 6.07) is 32.8. The van der Waals surface area contributed by atoms with Gasteiger partial charge >= 0.3 is 0 Å². The molecule has 0 heterocycles. The summed E-state index contributed by atoms with van der Waals surface area (Å²) in [5.74, 6) is 0. The molecule has 0 aliphatic rings. The molecule has 0 aromatic heterocycles. The van der Waals surface area contributed by atoms with E-state index in [4.69, 9.17) is 0 Å². The molecule has 2 heteroatoms. The van der Waals surface area contributed by atoms with Crippen LogP contribution in [0.15, 0.2) is 91.0 Å². The maximum atomic E-state index is 2.48. The van der Waals surface area contributed by atoms with E-state index in [1.807, 2.05) is 0 Å². The van der Waals surface area contributed by atoms with Crippen molar-refractivity contribution < 1.29 is 0 Å². The van der Waals surface area contributed by atoms with Crippen LogP contribution < -0.4 is 0 Å². The highest BCUT2D eigenvalue weighted by Gasteiger charge is 2.17. The molecule has 1 atom stereocenters. The normalized spacial score (nSPS) is 11.8. The van der Waals surface area contributed by atoms with Gasteiger partial charge in [-0.2, -0.15) is 0 Å². The monoisotopic (exact) mass is 351 g/mol. The largest absolute Gasteiger partial charge is 0.299 e. The van der Waals surface area contributed by atoms with Gasteiger partial charge in [-0.3, -0.25) is 4.90 Å². The van der Waals surface area contributed by atoms with E-state index in [0.717, 1.165) is 19.4 Å². The smallest absolute Gasteiger partial charge is 0.0385 e. The van der Waals surface area contributed by atoms with Crippen molar-refractivity contribution in [2.45, 2.75) is 18.9 Å². The molecule has 0 amide bonds. The molecule has 0 bridgehead atoms. The fourth-order valence-corrected chi connectivity index (χ4v) is 3.15. The van der Waals surface area contributed by atoms with Gasteiger partial charge in [0.05, 0.1) is 0 Å². The van der Waals surface area contributed by atoms with Crippen LogP contribution in [0.5, 0.6) is 0 Å². The van der Waals surface area contributed by atoms with Crippen molar-refractivity contribution in [3.63, 3.8) is 0 Å². The van der Waals surface area contributed by atoms with Crippen molar-refractivity contribution in [1.29, 1.82) is 0 Å². The fraction of sp³-hybridized carbons (Fsp3) is 0.217. The van der Waals surface area contributed by atoms with Crippen LogP contribution in [0.2, 0.25) is 0 Å². The van der Waals surface area contributed by atoms with Gasteiger partial charge in [-0.1, -0.05) is 91.0 Å². The van der Waals surface area contributed by atoms with E-state index in [1.54, 1.807) is 0 Å². The summed E-state index contributed by atoms with van der Waals surface area (Å²) in [6.07, 6.45) is 2.12. The first-order chi connectivity index (χ1) is 11.8. The first kappa shape index (κ1) is 19.2. The second kappa shape index (κ2) is 10.0. The van der Waals surface area contributed by atoms with Crippen molar-refractivity contribution in [3.05, 3.63) is 108 Å². The van der Waals surface area contributed by atoms with Gasteiger partial charge in [0, 0.05) is 12.6 Å². The number of halogens is 1. The lowest BCUT2D eigenvalue weighted by Crippen LogP contribution is -2.28. The third-order valence-corrected chi connectivity index (χ3v) is 4.58. The minimum absolute atomic E-state index is 0. The van der Waals surface area contributed by atoms with E-state index < -0.39 is 0 Å². The fourth-order valence-electron chi connectivity index (χ4n) is 3.15. The summed E-state index contributed by atoms with van der Waals surface area (Å²) in [6.45, 7) is 1.05. The van der Waals surface area contributed by atoms with Crippen LogP contribution in [0.4, 0.5) is 0 Å². The van der Waals surface area contributed by atoms with Crippen LogP contribution in [0, 0.1) is 0 Å². The predicted octanol–water partition coefficient (Wildman–Crippen LogP) is 5.57. The van der Waals surface area contributed by atoms with Crippen molar-refractivity contribution in [1.82, 2.24) is 4.90 Å². The van der Waals surface area contributed by atoms with Gasteiger partial charge in [-0.05, 0) is 36.6 Å². The number of nitrogens with zero attached hydrogens (tertiary/aromatic N) is 1. The Labute approximate surface area is 157 Å². The van der Waals surface area contributed by atoms with E-state index in [1.165, 1.54) is 16.7 Å². The van der Waals surface area contributed by atoms with Crippen LogP contribution in [0.3, 0.4) is 0 Å². The van der Waals surface area contributed by atoms with Crippen molar-refractivity contribution in [2.75, 3.05) is 13.6 Å². The molecule has 0 aliphatic heterocycles. The second-order valence-electron chi connectivity index (χ2n) is 6.33. The Morgan fingerprint density at radius 3 is 1.72 bits per heavy atom. The van der Waals surface area contributed by atoms with E-state index in [-0.39, 0.29) is 12.4 Å². The molecular formula is C23H26ClN. The number of benzene rings is 3. The molecule has 0 fully saturated rings. The zero-order valence-electron chi connectivity index (χ0n) is 14.7. The lowest BCUT2D eigenvalue weighted by molar-refractivity contribution is 0.246. The number of likely N-dealkylation sites (N-methyl/N-ethyl adjacent to an activating group) is 1. The average molecular weight is 352 g/mol.